The van der Waals surface area contributed by atoms with Crippen LogP contribution in [0.25, 0.3) is 0 Å². The van der Waals surface area contributed by atoms with Crippen LogP contribution in [0.1, 0.15) is 18.9 Å². The first kappa shape index (κ1) is 10.2. The van der Waals surface area contributed by atoms with Gasteiger partial charge in [0.05, 0.1) is 11.8 Å². The van der Waals surface area contributed by atoms with Crippen LogP contribution >= 0.6 is 0 Å². The monoisotopic (exact) mass is 188 g/mol. The molecule has 4 nitrogen and oxygen atoms in total. The zero-order chi connectivity index (χ0) is 10.2. The highest BCUT2D eigenvalue weighted by Crippen LogP contribution is 2.07. The molecule has 0 saturated heterocycles. The van der Waals surface area contributed by atoms with Crippen LogP contribution in [0.15, 0.2) is 24.4 Å². The van der Waals surface area contributed by atoms with Crippen LogP contribution in [0.2, 0.25) is 0 Å². The standard InChI is InChI=1S/C10H12N4/c1-2-3-4-6-12-10-9(8-11)5-7-13-14-10/h2-3,5,7H,4,6H2,1H3,(H,12,14)/b3-2+. The molecule has 1 aromatic heterocycles. The molecule has 0 aliphatic heterocycles. The molecule has 0 bridgehead atoms. The van der Waals surface area contributed by atoms with E-state index in [1.165, 1.54) is 6.20 Å². The van der Waals surface area contributed by atoms with Gasteiger partial charge >= 0.3 is 0 Å². The highest BCUT2D eigenvalue weighted by molar-refractivity contribution is 5.49. The second-order valence-electron chi connectivity index (χ2n) is 2.69. The van der Waals surface area contributed by atoms with Gasteiger partial charge in [-0.2, -0.15) is 10.4 Å². The van der Waals surface area contributed by atoms with Crippen molar-refractivity contribution in [3.05, 3.63) is 30.0 Å². The molecule has 0 amide bonds. The maximum absolute atomic E-state index is 8.75. The second kappa shape index (κ2) is 5.70. The number of rotatable bonds is 4. The molecule has 72 valence electrons. The highest BCUT2D eigenvalue weighted by Gasteiger charge is 2.00. The van der Waals surface area contributed by atoms with Gasteiger partial charge in [-0.3, -0.25) is 0 Å². The molecule has 0 radical (unpaired) electrons. The van der Waals surface area contributed by atoms with Gasteiger partial charge in [0.1, 0.15) is 6.07 Å². The zero-order valence-electron chi connectivity index (χ0n) is 8.07. The predicted octanol–water partition coefficient (Wildman–Crippen LogP) is 1.73. The van der Waals surface area contributed by atoms with Gasteiger partial charge in [0.2, 0.25) is 0 Å². The lowest BCUT2D eigenvalue weighted by Crippen LogP contribution is -2.05. The van der Waals surface area contributed by atoms with E-state index in [-0.39, 0.29) is 0 Å². The number of allylic oxidation sites excluding steroid dienone is 1. The van der Waals surface area contributed by atoms with Crippen LogP contribution in [0, 0.1) is 11.3 Å². The Morgan fingerprint density at radius 3 is 3.21 bits per heavy atom. The summed E-state index contributed by atoms with van der Waals surface area (Å²) < 4.78 is 0. The summed E-state index contributed by atoms with van der Waals surface area (Å²) in [5.41, 5.74) is 0.528. The summed E-state index contributed by atoms with van der Waals surface area (Å²) in [5, 5.41) is 19.4. The molecule has 0 saturated carbocycles. The molecule has 0 aliphatic rings. The van der Waals surface area contributed by atoms with Gasteiger partial charge in [0.15, 0.2) is 5.82 Å². The normalized spacial score (nSPS) is 10.0. The van der Waals surface area contributed by atoms with E-state index in [0.717, 1.165) is 13.0 Å². The van der Waals surface area contributed by atoms with Crippen molar-refractivity contribution in [3.63, 3.8) is 0 Å². The van der Waals surface area contributed by atoms with Crippen LogP contribution in [0.5, 0.6) is 0 Å². The lowest BCUT2D eigenvalue weighted by Gasteiger charge is -2.03. The number of aromatic nitrogens is 2. The second-order valence-corrected chi connectivity index (χ2v) is 2.69. The van der Waals surface area contributed by atoms with Gasteiger partial charge in [0, 0.05) is 6.54 Å². The molecule has 1 heterocycles. The zero-order valence-corrected chi connectivity index (χ0v) is 8.07. The van der Waals surface area contributed by atoms with E-state index in [4.69, 9.17) is 5.26 Å². The maximum atomic E-state index is 8.75. The summed E-state index contributed by atoms with van der Waals surface area (Å²) in [6, 6.07) is 3.70. The van der Waals surface area contributed by atoms with Gasteiger partial charge in [-0.15, -0.1) is 5.10 Å². The molecule has 0 spiro atoms. The van der Waals surface area contributed by atoms with Crippen LogP contribution in [0.4, 0.5) is 5.82 Å². The van der Waals surface area contributed by atoms with Crippen molar-refractivity contribution in [2.24, 2.45) is 0 Å². The maximum Gasteiger partial charge on any atom is 0.166 e. The fraction of sp³-hybridized carbons (Fsp3) is 0.300. The quantitative estimate of drug-likeness (QED) is 0.577. The molecule has 0 fully saturated rings. The number of nitrogens with zero attached hydrogens (tertiary/aromatic N) is 3. The summed E-state index contributed by atoms with van der Waals surface area (Å²) >= 11 is 0. The predicted molar refractivity (Wildman–Crippen MR) is 54.7 cm³/mol. The van der Waals surface area contributed by atoms with E-state index in [1.54, 1.807) is 6.07 Å². The van der Waals surface area contributed by atoms with Crippen molar-refractivity contribution in [2.75, 3.05) is 11.9 Å². The fourth-order valence-corrected chi connectivity index (χ4v) is 0.993. The number of nitrogens with one attached hydrogen (secondary N) is 1. The van der Waals surface area contributed by atoms with Crippen molar-refractivity contribution < 1.29 is 0 Å². The van der Waals surface area contributed by atoms with Gasteiger partial charge in [-0.1, -0.05) is 12.2 Å². The van der Waals surface area contributed by atoms with Crippen molar-refractivity contribution in [2.45, 2.75) is 13.3 Å². The Labute approximate surface area is 83.3 Å². The highest BCUT2D eigenvalue weighted by atomic mass is 15.2. The molecule has 1 aromatic rings. The van der Waals surface area contributed by atoms with Crippen LogP contribution < -0.4 is 5.32 Å². The van der Waals surface area contributed by atoms with E-state index >= 15 is 0 Å². The van der Waals surface area contributed by atoms with Gasteiger partial charge in [-0.05, 0) is 19.4 Å². The molecule has 0 atom stereocenters. The van der Waals surface area contributed by atoms with E-state index < -0.39 is 0 Å². The smallest absolute Gasteiger partial charge is 0.166 e. The largest absolute Gasteiger partial charge is 0.367 e. The lowest BCUT2D eigenvalue weighted by molar-refractivity contribution is 0.979. The minimum Gasteiger partial charge on any atom is -0.367 e. The molecule has 1 rings (SSSR count). The van der Waals surface area contributed by atoms with E-state index in [2.05, 4.69) is 27.7 Å². The minimum atomic E-state index is 0.528. The van der Waals surface area contributed by atoms with Crippen molar-refractivity contribution in [3.8, 4) is 6.07 Å². The average molecular weight is 188 g/mol. The molecular formula is C10H12N4. The molecule has 0 aliphatic carbocycles. The first-order chi connectivity index (χ1) is 6.88. The minimum absolute atomic E-state index is 0.528. The lowest BCUT2D eigenvalue weighted by atomic mass is 10.3. The van der Waals surface area contributed by atoms with Crippen molar-refractivity contribution >= 4 is 5.82 Å². The third-order valence-corrected chi connectivity index (χ3v) is 1.68. The molecule has 1 N–H and O–H groups in total. The number of anilines is 1. The van der Waals surface area contributed by atoms with E-state index in [1.807, 2.05) is 13.0 Å². The van der Waals surface area contributed by atoms with Gasteiger partial charge in [-0.25, -0.2) is 0 Å². The summed E-state index contributed by atoms with van der Waals surface area (Å²) in [7, 11) is 0. The average Bonchev–Trinajstić information content (AvgIpc) is 2.25. The molecule has 4 heteroatoms. The molecule has 0 unspecified atom stereocenters. The van der Waals surface area contributed by atoms with Crippen molar-refractivity contribution in [1.29, 1.82) is 5.26 Å². The van der Waals surface area contributed by atoms with E-state index in [9.17, 15) is 0 Å². The number of hydrogen-bond donors (Lipinski definition) is 1. The first-order valence-electron chi connectivity index (χ1n) is 4.45. The summed E-state index contributed by atoms with van der Waals surface area (Å²) in [6.07, 6.45) is 6.46. The first-order valence-corrected chi connectivity index (χ1v) is 4.45. The van der Waals surface area contributed by atoms with Crippen molar-refractivity contribution in [1.82, 2.24) is 10.2 Å². The molecular weight excluding hydrogens is 176 g/mol. The Morgan fingerprint density at radius 1 is 1.64 bits per heavy atom. The Hall–Kier alpha value is -1.89. The third-order valence-electron chi connectivity index (χ3n) is 1.68. The Bertz CT molecular complexity index is 351. The van der Waals surface area contributed by atoms with Crippen LogP contribution in [0.3, 0.4) is 0 Å². The number of hydrogen-bond acceptors (Lipinski definition) is 4. The SMILES string of the molecule is C/C=C/CCNc1nnccc1C#N. The topological polar surface area (TPSA) is 61.6 Å². The molecule has 0 aromatic carbocycles. The van der Waals surface area contributed by atoms with Gasteiger partial charge in [0.25, 0.3) is 0 Å². The summed E-state index contributed by atoms with van der Waals surface area (Å²) in [4.78, 5) is 0. The van der Waals surface area contributed by atoms with Crippen LogP contribution in [-0.4, -0.2) is 16.7 Å². The number of nitriles is 1. The Balaban J connectivity index is 2.54. The Kier molecular flexibility index (Phi) is 4.15. The van der Waals surface area contributed by atoms with Crippen LogP contribution in [-0.2, 0) is 0 Å². The molecule has 14 heavy (non-hydrogen) atoms. The van der Waals surface area contributed by atoms with E-state index in [0.29, 0.717) is 11.4 Å². The fourth-order valence-electron chi connectivity index (χ4n) is 0.993. The van der Waals surface area contributed by atoms with Gasteiger partial charge < -0.3 is 5.32 Å². The summed E-state index contributed by atoms with van der Waals surface area (Å²) in [6.45, 7) is 2.74. The third kappa shape index (κ3) is 2.87. The summed E-state index contributed by atoms with van der Waals surface area (Å²) in [5.74, 6) is 0.555. The Morgan fingerprint density at radius 2 is 2.50 bits per heavy atom.